The number of nitrogens with zero attached hydrogens (tertiary/aromatic N) is 5. The van der Waals surface area contributed by atoms with Gasteiger partial charge in [0.15, 0.2) is 6.17 Å². The van der Waals surface area contributed by atoms with Crippen molar-refractivity contribution in [3.63, 3.8) is 0 Å². The van der Waals surface area contributed by atoms with E-state index in [0.717, 1.165) is 4.57 Å². The lowest BCUT2D eigenvalue weighted by Gasteiger charge is -2.26. The quantitative estimate of drug-likeness (QED) is 0.287. The first kappa shape index (κ1) is 28.0. The number of alkyl halides is 4. The third kappa shape index (κ3) is 5.78. The van der Waals surface area contributed by atoms with Crippen molar-refractivity contribution in [3.8, 4) is 11.5 Å². The van der Waals surface area contributed by atoms with Gasteiger partial charge in [0, 0.05) is 30.8 Å². The first-order valence-corrected chi connectivity index (χ1v) is 13.5. The summed E-state index contributed by atoms with van der Waals surface area (Å²) in [6, 6.07) is 12.5. The molecule has 220 valence electrons. The highest BCUT2D eigenvalue weighted by Gasteiger charge is 2.45. The topological polar surface area (TPSA) is 88.6 Å². The van der Waals surface area contributed by atoms with Gasteiger partial charge >= 0.3 is 6.18 Å². The number of likely N-dealkylation sites (tertiary alicyclic amines) is 1. The molecule has 2 aromatic heterocycles. The van der Waals surface area contributed by atoms with E-state index < -0.39 is 24.8 Å². The van der Waals surface area contributed by atoms with E-state index in [2.05, 4.69) is 20.4 Å². The zero-order chi connectivity index (χ0) is 29.6. The molecule has 1 N–H and O–H groups in total. The fourth-order valence-corrected chi connectivity index (χ4v) is 5.44. The molecule has 13 heteroatoms. The number of amides is 1. The van der Waals surface area contributed by atoms with Crippen molar-refractivity contribution in [3.05, 3.63) is 65.8 Å². The number of nitrogens with one attached hydrogen (secondary N) is 1. The highest BCUT2D eigenvalue weighted by molar-refractivity contribution is 5.99. The van der Waals surface area contributed by atoms with Crippen molar-refractivity contribution in [1.29, 1.82) is 0 Å². The Hall–Kier alpha value is -4.13. The SMILES string of the molecule is CN1CCC(=Nc2cccc3c2cc(-c2noc(CNC(=O)[C@@H]4C[C@H]4c4ccccc4F)n2)n3CC(F)(F)F)[C@@H](F)C1. The average molecular weight is 587 g/mol. The number of rotatable bonds is 7. The third-order valence-electron chi connectivity index (χ3n) is 7.65. The van der Waals surface area contributed by atoms with Gasteiger partial charge in [-0.15, -0.1) is 0 Å². The van der Waals surface area contributed by atoms with E-state index in [1.807, 2.05) is 11.9 Å². The predicted molar refractivity (Wildman–Crippen MR) is 144 cm³/mol. The van der Waals surface area contributed by atoms with Gasteiger partial charge in [-0.05, 0) is 49.2 Å². The summed E-state index contributed by atoms with van der Waals surface area (Å²) < 4.78 is 75.9. The van der Waals surface area contributed by atoms with Crippen molar-refractivity contribution in [2.24, 2.45) is 10.9 Å². The number of aromatic nitrogens is 3. The lowest BCUT2D eigenvalue weighted by Crippen LogP contribution is -2.39. The van der Waals surface area contributed by atoms with E-state index in [-0.39, 0.29) is 53.7 Å². The van der Waals surface area contributed by atoms with E-state index in [1.54, 1.807) is 30.3 Å². The summed E-state index contributed by atoms with van der Waals surface area (Å²) in [6.07, 6.45) is -4.92. The lowest BCUT2D eigenvalue weighted by atomic mass is 10.1. The molecule has 1 amide bonds. The second-order valence-corrected chi connectivity index (χ2v) is 10.7. The Labute approximate surface area is 237 Å². The van der Waals surface area contributed by atoms with Crippen LogP contribution in [0.15, 0.2) is 58.0 Å². The number of carbonyl (C=O) groups excluding carboxylic acids is 1. The van der Waals surface area contributed by atoms with Crippen LogP contribution in [0.25, 0.3) is 22.4 Å². The molecule has 2 aliphatic rings. The normalized spacial score (nSPS) is 22.1. The van der Waals surface area contributed by atoms with E-state index in [4.69, 9.17) is 4.52 Å². The summed E-state index contributed by atoms with van der Waals surface area (Å²) in [7, 11) is 1.81. The van der Waals surface area contributed by atoms with Crippen LogP contribution in [-0.2, 0) is 17.9 Å². The van der Waals surface area contributed by atoms with Crippen LogP contribution >= 0.6 is 0 Å². The number of hydrogen-bond donors (Lipinski definition) is 1. The molecule has 2 fully saturated rings. The Balaban J connectivity index is 1.24. The van der Waals surface area contributed by atoms with E-state index in [0.29, 0.717) is 41.7 Å². The molecule has 8 nitrogen and oxygen atoms in total. The van der Waals surface area contributed by atoms with Crippen LogP contribution in [0.4, 0.5) is 27.6 Å². The van der Waals surface area contributed by atoms with Crippen LogP contribution in [-0.4, -0.2) is 63.7 Å². The van der Waals surface area contributed by atoms with Crippen molar-refractivity contribution in [2.45, 2.75) is 44.2 Å². The van der Waals surface area contributed by atoms with Crippen molar-refractivity contribution >= 4 is 28.2 Å². The molecule has 4 aromatic rings. The Bertz CT molecular complexity index is 1660. The van der Waals surface area contributed by atoms with Gasteiger partial charge in [0.1, 0.15) is 12.4 Å². The number of aliphatic imine (C=N–C) groups is 1. The maximum atomic E-state index is 14.7. The van der Waals surface area contributed by atoms with Crippen LogP contribution in [0.3, 0.4) is 0 Å². The highest BCUT2D eigenvalue weighted by Crippen LogP contribution is 2.48. The van der Waals surface area contributed by atoms with Crippen LogP contribution in [0.2, 0.25) is 0 Å². The molecule has 3 heterocycles. The fraction of sp³-hybridized carbons (Fsp3) is 0.379. The Morgan fingerprint density at radius 3 is 2.76 bits per heavy atom. The van der Waals surface area contributed by atoms with Gasteiger partial charge in [-0.2, -0.15) is 18.2 Å². The second-order valence-electron chi connectivity index (χ2n) is 10.7. The largest absolute Gasteiger partial charge is 0.406 e. The maximum Gasteiger partial charge on any atom is 0.406 e. The molecule has 1 aliphatic carbocycles. The molecule has 0 unspecified atom stereocenters. The lowest BCUT2D eigenvalue weighted by molar-refractivity contribution is -0.139. The fourth-order valence-electron chi connectivity index (χ4n) is 5.44. The zero-order valence-corrected chi connectivity index (χ0v) is 22.5. The Morgan fingerprint density at radius 1 is 1.19 bits per heavy atom. The minimum Gasteiger partial charge on any atom is -0.347 e. The molecule has 0 bridgehead atoms. The summed E-state index contributed by atoms with van der Waals surface area (Å²) in [5, 5.41) is 6.95. The van der Waals surface area contributed by atoms with E-state index >= 15 is 0 Å². The molecule has 0 spiro atoms. The zero-order valence-electron chi connectivity index (χ0n) is 22.5. The van der Waals surface area contributed by atoms with Crippen LogP contribution in [0.1, 0.15) is 30.2 Å². The van der Waals surface area contributed by atoms with Gasteiger partial charge in [0.05, 0.1) is 29.2 Å². The molecule has 1 saturated heterocycles. The van der Waals surface area contributed by atoms with Gasteiger partial charge in [-0.25, -0.2) is 8.78 Å². The van der Waals surface area contributed by atoms with Crippen molar-refractivity contribution < 1.29 is 31.3 Å². The van der Waals surface area contributed by atoms with Gasteiger partial charge in [0.25, 0.3) is 0 Å². The minimum atomic E-state index is -4.56. The summed E-state index contributed by atoms with van der Waals surface area (Å²) in [5.41, 5.74) is 1.45. The monoisotopic (exact) mass is 586 g/mol. The summed E-state index contributed by atoms with van der Waals surface area (Å²) in [4.78, 5) is 23.2. The predicted octanol–water partition coefficient (Wildman–Crippen LogP) is 5.56. The van der Waals surface area contributed by atoms with E-state index in [1.165, 1.54) is 18.2 Å². The molecule has 2 aromatic carbocycles. The molecule has 1 aliphatic heterocycles. The van der Waals surface area contributed by atoms with Crippen molar-refractivity contribution in [2.75, 3.05) is 20.1 Å². The number of fused-ring (bicyclic) bond motifs is 1. The number of carbonyl (C=O) groups is 1. The number of benzene rings is 2. The Morgan fingerprint density at radius 2 is 2.00 bits per heavy atom. The number of hydrogen-bond acceptors (Lipinski definition) is 6. The first-order chi connectivity index (χ1) is 20.1. The summed E-state index contributed by atoms with van der Waals surface area (Å²) in [5.74, 6) is -1.39. The molecule has 42 heavy (non-hydrogen) atoms. The molecular weight excluding hydrogens is 559 g/mol. The van der Waals surface area contributed by atoms with Crippen LogP contribution in [0, 0.1) is 11.7 Å². The maximum absolute atomic E-state index is 14.7. The molecular formula is C29H27F5N6O2. The molecule has 0 radical (unpaired) electrons. The average Bonchev–Trinajstić information content (AvgIpc) is 3.45. The minimum absolute atomic E-state index is 0.00248. The summed E-state index contributed by atoms with van der Waals surface area (Å²) >= 11 is 0. The number of halogens is 5. The smallest absolute Gasteiger partial charge is 0.347 e. The molecule has 3 atom stereocenters. The van der Waals surface area contributed by atoms with Gasteiger partial charge in [-0.1, -0.05) is 29.4 Å². The van der Waals surface area contributed by atoms with Crippen LogP contribution in [0.5, 0.6) is 0 Å². The van der Waals surface area contributed by atoms with Gasteiger partial charge < -0.3 is 19.3 Å². The first-order valence-electron chi connectivity index (χ1n) is 13.5. The number of piperidine rings is 1. The van der Waals surface area contributed by atoms with Crippen molar-refractivity contribution in [1.82, 2.24) is 24.9 Å². The molecule has 6 rings (SSSR count). The van der Waals surface area contributed by atoms with E-state index in [9.17, 15) is 26.7 Å². The Kier molecular flexibility index (Phi) is 7.29. The van der Waals surface area contributed by atoms with Crippen LogP contribution < -0.4 is 5.32 Å². The second kappa shape index (κ2) is 10.9. The molecule has 1 saturated carbocycles. The third-order valence-corrected chi connectivity index (χ3v) is 7.65. The van der Waals surface area contributed by atoms with Gasteiger partial charge in [0.2, 0.25) is 17.6 Å². The standard InChI is InChI=1S/C29H27F5N6O2/c1-39-10-9-23(21(31)14-39)36-22-7-4-8-24-19(22)12-25(40(24)15-29(32,33)34)27-37-26(42-38-27)13-35-28(41)18-11-17(18)16-5-2-3-6-20(16)30/h2-8,12,17-18,21H,9-11,13-15H2,1H3,(H,35,41)/t17-,18+,21-/m0/s1. The van der Waals surface area contributed by atoms with Gasteiger partial charge in [-0.3, -0.25) is 9.79 Å². The highest BCUT2D eigenvalue weighted by atomic mass is 19.4. The summed E-state index contributed by atoms with van der Waals surface area (Å²) in [6.45, 7) is -0.636.